The zero-order valence-electron chi connectivity index (χ0n) is 15.9. The number of aliphatic hydroxyl groups excluding tert-OH is 1. The number of hydrogen-bond acceptors (Lipinski definition) is 4. The van der Waals surface area contributed by atoms with Crippen LogP contribution in [0.3, 0.4) is 0 Å². The molecule has 0 amide bonds. The van der Waals surface area contributed by atoms with Crippen molar-refractivity contribution in [2.75, 3.05) is 0 Å². The van der Waals surface area contributed by atoms with Gasteiger partial charge in [-0.3, -0.25) is 9.78 Å². The van der Waals surface area contributed by atoms with Crippen molar-refractivity contribution in [3.8, 4) is 11.5 Å². The number of carbonyl (C=O) groups is 1. The summed E-state index contributed by atoms with van der Waals surface area (Å²) in [4.78, 5) is 14.8. The van der Waals surface area contributed by atoms with E-state index in [0.717, 1.165) is 22.2 Å². The molecule has 0 fully saturated rings. The quantitative estimate of drug-likeness (QED) is 0.164. The number of benzene rings is 2. The summed E-state index contributed by atoms with van der Waals surface area (Å²) >= 11 is 0. The summed E-state index contributed by atoms with van der Waals surface area (Å²) in [5, 5.41) is 10.6. The van der Waals surface area contributed by atoms with Gasteiger partial charge in [0.05, 0.1) is 17.0 Å². The molecule has 0 atom stereocenters. The first kappa shape index (κ1) is 20.7. The molecule has 1 aliphatic carbocycles. The summed E-state index contributed by atoms with van der Waals surface area (Å²) < 4.78 is 5.88. The summed E-state index contributed by atoms with van der Waals surface area (Å²) in [5.74, 6) is 0.632. The minimum absolute atomic E-state index is 0. The van der Waals surface area contributed by atoms with Crippen LogP contribution in [0.4, 0.5) is 0 Å². The molecule has 0 saturated heterocycles. The van der Waals surface area contributed by atoms with Crippen molar-refractivity contribution in [1.29, 1.82) is 0 Å². The molecule has 2 aromatic heterocycles. The third-order valence-corrected chi connectivity index (χ3v) is 4.33. The molecule has 1 N–H and O–H groups in total. The second-order valence-corrected chi connectivity index (χ2v) is 6.62. The number of rotatable bonds is 2. The Kier molecular flexibility index (Phi) is 6.11. The Hall–Kier alpha value is -3.01. The molecule has 0 saturated carbocycles. The maximum Gasteiger partial charge on any atom is 0.155 e. The number of ketones is 1. The first-order valence-corrected chi connectivity index (χ1v) is 8.92. The van der Waals surface area contributed by atoms with E-state index in [-0.39, 0.29) is 31.6 Å². The fraction of sp³-hybridized carbons (Fsp3) is 0.0833. The van der Waals surface area contributed by atoms with Crippen molar-refractivity contribution < 1.29 is 34.4 Å². The molecule has 4 nitrogen and oxygen atoms in total. The number of fused-ring (bicyclic) bond motifs is 1. The van der Waals surface area contributed by atoms with Crippen LogP contribution in [0.25, 0.3) is 45.5 Å². The summed E-state index contributed by atoms with van der Waals surface area (Å²) in [6, 6.07) is 19.5. The Labute approximate surface area is 181 Å². The maximum absolute atomic E-state index is 10.0. The number of nitrogens with zero attached hydrogens (tertiary/aromatic N) is 1. The van der Waals surface area contributed by atoms with Gasteiger partial charge in [0.15, 0.2) is 5.78 Å². The minimum Gasteiger partial charge on any atom is -0.518 e. The van der Waals surface area contributed by atoms with Gasteiger partial charge in [0, 0.05) is 42.8 Å². The molecule has 2 aromatic carbocycles. The van der Waals surface area contributed by atoms with Gasteiger partial charge in [-0.15, -0.1) is 17.5 Å². The van der Waals surface area contributed by atoms with Gasteiger partial charge >= 0.3 is 0 Å². The zero-order chi connectivity index (χ0) is 19.7. The molecule has 2 heterocycles. The van der Waals surface area contributed by atoms with Crippen molar-refractivity contribution >= 4 is 39.8 Å². The third kappa shape index (κ3) is 4.37. The summed E-state index contributed by atoms with van der Waals surface area (Å²) in [7, 11) is 0. The molecule has 0 bridgehead atoms. The molecule has 29 heavy (non-hydrogen) atoms. The zero-order valence-corrected chi connectivity index (χ0v) is 18.3. The molecule has 147 valence electrons. The van der Waals surface area contributed by atoms with E-state index in [1.165, 1.54) is 36.4 Å². The van der Waals surface area contributed by atoms with E-state index in [1.54, 1.807) is 0 Å². The molecule has 1 aliphatic rings. The monoisotopic (exact) mass is 561 g/mol. The van der Waals surface area contributed by atoms with Gasteiger partial charge in [-0.25, -0.2) is 0 Å². The van der Waals surface area contributed by atoms with Crippen LogP contribution in [-0.2, 0) is 24.9 Å². The number of hydrogen-bond donors (Lipinski definition) is 1. The average molecular weight is 561 g/mol. The first-order valence-electron chi connectivity index (χ1n) is 8.92. The molecule has 5 heteroatoms. The fourth-order valence-electron chi connectivity index (χ4n) is 3.24. The number of pyridine rings is 1. The topological polar surface area (TPSA) is 63.3 Å². The van der Waals surface area contributed by atoms with Gasteiger partial charge in [0.25, 0.3) is 0 Å². The van der Waals surface area contributed by atoms with Crippen LogP contribution in [0.1, 0.15) is 25.0 Å². The van der Waals surface area contributed by atoms with Crippen molar-refractivity contribution in [1.82, 2.24) is 4.98 Å². The van der Waals surface area contributed by atoms with Crippen LogP contribution in [0, 0.1) is 6.07 Å². The van der Waals surface area contributed by atoms with Gasteiger partial charge in [0.2, 0.25) is 0 Å². The van der Waals surface area contributed by atoms with E-state index in [0.29, 0.717) is 5.76 Å². The van der Waals surface area contributed by atoms with E-state index >= 15 is 0 Å². The SMILES string of the molecule is CC(=O)/C=C(/C)O.[Ir].[c-]1c(-c2cc3c4c(cccc4n2)C=C3)oc2ccccc12. The predicted molar refractivity (Wildman–Crippen MR) is 112 cm³/mol. The van der Waals surface area contributed by atoms with E-state index in [4.69, 9.17) is 14.5 Å². The van der Waals surface area contributed by atoms with E-state index < -0.39 is 0 Å². The van der Waals surface area contributed by atoms with E-state index in [2.05, 4.69) is 30.4 Å². The Morgan fingerprint density at radius 3 is 2.52 bits per heavy atom. The number of furan rings is 1. The van der Waals surface area contributed by atoms with Crippen molar-refractivity contribution in [2.45, 2.75) is 13.8 Å². The average Bonchev–Trinajstić information content (AvgIpc) is 3.26. The molecule has 4 aromatic rings. The molecule has 5 rings (SSSR count). The molecular formula is C24H18IrNO3-. The van der Waals surface area contributed by atoms with Crippen molar-refractivity contribution in [2.24, 2.45) is 0 Å². The van der Waals surface area contributed by atoms with Crippen LogP contribution in [0.15, 0.2) is 64.8 Å². The van der Waals surface area contributed by atoms with Gasteiger partial charge in [-0.1, -0.05) is 48.6 Å². The van der Waals surface area contributed by atoms with Gasteiger partial charge in [-0.05, 0) is 31.0 Å². The van der Waals surface area contributed by atoms with E-state index in [1.807, 2.05) is 36.4 Å². The fourth-order valence-corrected chi connectivity index (χ4v) is 3.24. The minimum atomic E-state index is -0.125. The van der Waals surface area contributed by atoms with Crippen LogP contribution in [0.2, 0.25) is 0 Å². The normalized spacial score (nSPS) is 11.9. The number of aliphatic hydroxyl groups is 1. The largest absolute Gasteiger partial charge is 0.518 e. The standard InChI is InChI=1S/C19H10NO.C5H8O2.Ir/c1-2-7-17-13(4-1)11-18(21-17)16-10-14-9-8-12-5-3-6-15(20-16)19(12)14;1-4(6)3-5(2)7;/h1-10H;3,6H,1-2H3;/q-1;;/b;4-3-;. The van der Waals surface area contributed by atoms with Gasteiger partial charge in [0.1, 0.15) is 0 Å². The Balaban J connectivity index is 0.000000263. The number of para-hydroxylation sites is 1. The van der Waals surface area contributed by atoms with Crippen molar-refractivity contribution in [3.05, 3.63) is 77.6 Å². The van der Waals surface area contributed by atoms with Crippen LogP contribution in [0.5, 0.6) is 0 Å². The predicted octanol–water partition coefficient (Wildman–Crippen LogP) is 5.97. The van der Waals surface area contributed by atoms with Crippen LogP contribution in [-0.4, -0.2) is 15.9 Å². The van der Waals surface area contributed by atoms with Gasteiger partial charge < -0.3 is 9.52 Å². The number of allylic oxidation sites excluding steroid dienone is 2. The van der Waals surface area contributed by atoms with Gasteiger partial charge in [-0.2, -0.15) is 0 Å². The summed E-state index contributed by atoms with van der Waals surface area (Å²) in [6.45, 7) is 2.85. The molecule has 0 unspecified atom stereocenters. The summed E-state index contributed by atoms with van der Waals surface area (Å²) in [5.41, 5.74) is 5.10. The Bertz CT molecular complexity index is 1230. The van der Waals surface area contributed by atoms with Crippen LogP contribution >= 0.6 is 0 Å². The second-order valence-electron chi connectivity index (χ2n) is 6.62. The van der Waals surface area contributed by atoms with E-state index in [9.17, 15) is 4.79 Å². The Morgan fingerprint density at radius 1 is 1.07 bits per heavy atom. The smallest absolute Gasteiger partial charge is 0.155 e. The second kappa shape index (κ2) is 8.56. The van der Waals surface area contributed by atoms with Crippen molar-refractivity contribution in [3.63, 3.8) is 0 Å². The molecule has 0 aliphatic heterocycles. The summed E-state index contributed by atoms with van der Waals surface area (Å²) in [6.07, 6.45) is 5.43. The molecule has 1 radical (unpaired) electrons. The maximum atomic E-state index is 10.0. The molecular weight excluding hydrogens is 542 g/mol. The Morgan fingerprint density at radius 2 is 1.83 bits per heavy atom. The third-order valence-electron chi connectivity index (χ3n) is 4.33. The van der Waals surface area contributed by atoms with Crippen LogP contribution < -0.4 is 0 Å². The first-order chi connectivity index (χ1) is 13.5. The number of carbonyl (C=O) groups excluding carboxylic acids is 1. The molecule has 0 spiro atoms. The number of aromatic nitrogens is 1.